The molecule has 110 valence electrons. The van der Waals surface area contributed by atoms with Crippen LogP contribution in [0.5, 0.6) is 0 Å². The van der Waals surface area contributed by atoms with Gasteiger partial charge < -0.3 is 5.32 Å². The summed E-state index contributed by atoms with van der Waals surface area (Å²) in [5.74, 6) is -11.7. The van der Waals surface area contributed by atoms with Gasteiger partial charge in [-0.2, -0.15) is 0 Å². The molecule has 0 spiro atoms. The highest BCUT2D eigenvalue weighted by molar-refractivity contribution is 14.1. The Morgan fingerprint density at radius 1 is 0.905 bits per heavy atom. The second-order valence-electron chi connectivity index (χ2n) is 3.91. The zero-order valence-electron chi connectivity index (χ0n) is 9.99. The van der Waals surface area contributed by atoms with Crippen molar-refractivity contribution in [2.24, 2.45) is 0 Å². The normalized spacial score (nSPS) is 10.6. The topological polar surface area (TPSA) is 29.1 Å². The fourth-order valence-electron chi connectivity index (χ4n) is 1.53. The molecule has 0 aliphatic heterocycles. The van der Waals surface area contributed by atoms with Crippen LogP contribution >= 0.6 is 22.6 Å². The van der Waals surface area contributed by atoms with Crippen LogP contribution in [0, 0.1) is 32.7 Å². The average molecular weight is 413 g/mol. The summed E-state index contributed by atoms with van der Waals surface area (Å²) in [4.78, 5) is 11.8. The fourth-order valence-corrected chi connectivity index (χ4v) is 2.07. The molecule has 1 N–H and O–H groups in total. The Hall–Kier alpha value is -1.71. The van der Waals surface area contributed by atoms with Crippen molar-refractivity contribution >= 4 is 34.2 Å². The lowest BCUT2D eigenvalue weighted by molar-refractivity contribution is 0.102. The second-order valence-corrected chi connectivity index (χ2v) is 5.16. The van der Waals surface area contributed by atoms with E-state index in [2.05, 4.69) is 0 Å². The molecule has 2 nitrogen and oxygen atoms in total. The van der Waals surface area contributed by atoms with Gasteiger partial charge in [0.2, 0.25) is 5.82 Å². The number of rotatable bonds is 2. The maximum Gasteiger partial charge on any atom is 0.255 e. The van der Waals surface area contributed by atoms with Crippen molar-refractivity contribution in [2.75, 3.05) is 5.32 Å². The zero-order valence-corrected chi connectivity index (χ0v) is 12.1. The van der Waals surface area contributed by atoms with Gasteiger partial charge in [-0.05, 0) is 40.8 Å². The summed E-state index contributed by atoms with van der Waals surface area (Å²) < 4.78 is 66.4. The molecule has 0 saturated heterocycles. The number of hydrogen-bond donors (Lipinski definition) is 1. The standard InChI is InChI=1S/C13H5F5INO/c14-7-8(15)10(17)12(11(18)9(7)16)20-13(21)5-2-1-3-6(19)4-5/h1-4H,(H,20,21). The summed E-state index contributed by atoms with van der Waals surface area (Å²) >= 11 is 1.90. The van der Waals surface area contributed by atoms with Crippen LogP contribution in [-0.2, 0) is 0 Å². The Balaban J connectivity index is 2.43. The fraction of sp³-hybridized carbons (Fsp3) is 0. The predicted octanol–water partition coefficient (Wildman–Crippen LogP) is 4.24. The van der Waals surface area contributed by atoms with Gasteiger partial charge in [0, 0.05) is 9.13 Å². The quantitative estimate of drug-likeness (QED) is 0.340. The molecule has 0 aliphatic rings. The molecule has 0 radical (unpaired) electrons. The van der Waals surface area contributed by atoms with Crippen LogP contribution in [-0.4, -0.2) is 5.91 Å². The molecule has 2 rings (SSSR count). The highest BCUT2D eigenvalue weighted by Gasteiger charge is 2.27. The Morgan fingerprint density at radius 2 is 1.43 bits per heavy atom. The van der Waals surface area contributed by atoms with E-state index < -0.39 is 40.7 Å². The van der Waals surface area contributed by atoms with Crippen LogP contribution in [0.1, 0.15) is 10.4 Å². The van der Waals surface area contributed by atoms with Crippen LogP contribution in [0.2, 0.25) is 0 Å². The van der Waals surface area contributed by atoms with Gasteiger partial charge in [-0.1, -0.05) is 6.07 Å². The van der Waals surface area contributed by atoms with Gasteiger partial charge in [-0.25, -0.2) is 22.0 Å². The maximum atomic E-state index is 13.4. The molecule has 0 aliphatic carbocycles. The van der Waals surface area contributed by atoms with Gasteiger partial charge in [-0.15, -0.1) is 0 Å². The molecule has 0 unspecified atom stereocenters. The molecule has 0 saturated carbocycles. The van der Waals surface area contributed by atoms with Crippen molar-refractivity contribution in [1.82, 2.24) is 0 Å². The molecular formula is C13H5F5INO. The third-order valence-corrected chi connectivity index (χ3v) is 3.21. The molecule has 0 fully saturated rings. The molecule has 8 heteroatoms. The van der Waals surface area contributed by atoms with Crippen LogP contribution in [0.3, 0.4) is 0 Å². The molecule has 0 atom stereocenters. The van der Waals surface area contributed by atoms with Gasteiger partial charge in [0.15, 0.2) is 23.3 Å². The Morgan fingerprint density at radius 3 is 1.95 bits per heavy atom. The molecule has 0 heterocycles. The van der Waals surface area contributed by atoms with Gasteiger partial charge in [-0.3, -0.25) is 4.79 Å². The predicted molar refractivity (Wildman–Crippen MR) is 73.3 cm³/mol. The van der Waals surface area contributed by atoms with E-state index in [4.69, 9.17) is 0 Å². The summed E-state index contributed by atoms with van der Waals surface area (Å²) in [5.41, 5.74) is -1.36. The van der Waals surface area contributed by atoms with Crippen LogP contribution < -0.4 is 5.32 Å². The van der Waals surface area contributed by atoms with Crippen LogP contribution in [0.25, 0.3) is 0 Å². The first-order valence-corrected chi connectivity index (χ1v) is 6.49. The number of carbonyl (C=O) groups excluding carboxylic acids is 1. The first kappa shape index (κ1) is 15.7. The van der Waals surface area contributed by atoms with E-state index in [9.17, 15) is 26.7 Å². The minimum absolute atomic E-state index is 0.0193. The lowest BCUT2D eigenvalue weighted by atomic mass is 10.2. The van der Waals surface area contributed by atoms with Crippen molar-refractivity contribution in [3.8, 4) is 0 Å². The van der Waals surface area contributed by atoms with Crippen molar-refractivity contribution in [3.63, 3.8) is 0 Å². The minimum Gasteiger partial charge on any atom is -0.317 e. The summed E-state index contributed by atoms with van der Waals surface area (Å²) in [5, 5.41) is 1.69. The van der Waals surface area contributed by atoms with Crippen LogP contribution in [0.4, 0.5) is 27.6 Å². The summed E-state index contributed by atoms with van der Waals surface area (Å²) in [6.45, 7) is 0. The van der Waals surface area contributed by atoms with Crippen molar-refractivity contribution in [2.45, 2.75) is 0 Å². The number of carbonyl (C=O) groups is 1. The highest BCUT2D eigenvalue weighted by atomic mass is 127. The van der Waals surface area contributed by atoms with Gasteiger partial charge in [0.25, 0.3) is 5.91 Å². The number of benzene rings is 2. The van der Waals surface area contributed by atoms with Gasteiger partial charge in [0.1, 0.15) is 5.69 Å². The third kappa shape index (κ3) is 2.99. The maximum absolute atomic E-state index is 13.4. The number of anilines is 1. The monoisotopic (exact) mass is 413 g/mol. The average Bonchev–Trinajstić information content (AvgIpc) is 2.47. The van der Waals surface area contributed by atoms with E-state index in [0.29, 0.717) is 3.57 Å². The Bertz CT molecular complexity index is 706. The van der Waals surface area contributed by atoms with Gasteiger partial charge >= 0.3 is 0 Å². The molecule has 0 bridgehead atoms. The number of amides is 1. The second kappa shape index (κ2) is 5.96. The Kier molecular flexibility index (Phi) is 4.45. The van der Waals surface area contributed by atoms with Crippen molar-refractivity contribution in [1.29, 1.82) is 0 Å². The first-order valence-electron chi connectivity index (χ1n) is 5.41. The van der Waals surface area contributed by atoms with Crippen molar-refractivity contribution < 1.29 is 26.7 Å². The molecule has 2 aromatic carbocycles. The first-order chi connectivity index (χ1) is 9.82. The lowest BCUT2D eigenvalue weighted by Crippen LogP contribution is -2.17. The highest BCUT2D eigenvalue weighted by Crippen LogP contribution is 2.27. The largest absolute Gasteiger partial charge is 0.317 e. The Labute approximate surface area is 129 Å². The smallest absolute Gasteiger partial charge is 0.255 e. The molecule has 0 aromatic heterocycles. The van der Waals surface area contributed by atoms with E-state index in [1.807, 2.05) is 22.6 Å². The lowest BCUT2D eigenvalue weighted by Gasteiger charge is -2.10. The zero-order chi connectivity index (χ0) is 15.7. The summed E-state index contributed by atoms with van der Waals surface area (Å²) in [7, 11) is 0. The van der Waals surface area contributed by atoms with Crippen LogP contribution in [0.15, 0.2) is 24.3 Å². The van der Waals surface area contributed by atoms with E-state index in [1.165, 1.54) is 18.2 Å². The number of halogens is 6. The van der Waals surface area contributed by atoms with E-state index in [1.54, 1.807) is 11.4 Å². The SMILES string of the molecule is O=C(Nc1c(F)c(F)c(F)c(F)c1F)c1cccc(I)c1. The van der Waals surface area contributed by atoms with Gasteiger partial charge in [0.05, 0.1) is 0 Å². The van der Waals surface area contributed by atoms with E-state index in [-0.39, 0.29) is 5.56 Å². The molecule has 21 heavy (non-hydrogen) atoms. The summed E-state index contributed by atoms with van der Waals surface area (Å²) in [6.07, 6.45) is 0. The molecule has 2 aromatic rings. The van der Waals surface area contributed by atoms with Crippen molar-refractivity contribution in [3.05, 3.63) is 62.5 Å². The van der Waals surface area contributed by atoms with E-state index in [0.717, 1.165) is 0 Å². The molecular weight excluding hydrogens is 408 g/mol. The number of hydrogen-bond acceptors (Lipinski definition) is 1. The number of nitrogens with one attached hydrogen (secondary N) is 1. The summed E-state index contributed by atoms with van der Waals surface area (Å²) in [6, 6.07) is 5.90. The minimum atomic E-state index is -2.28. The molecule has 1 amide bonds. The van der Waals surface area contributed by atoms with E-state index >= 15 is 0 Å². The third-order valence-electron chi connectivity index (χ3n) is 2.54.